The van der Waals surface area contributed by atoms with Gasteiger partial charge in [-0.3, -0.25) is 9.59 Å². The third kappa shape index (κ3) is 6.56. The van der Waals surface area contributed by atoms with Gasteiger partial charge in [-0.1, -0.05) is 20.8 Å². The quantitative estimate of drug-likeness (QED) is 0.788. The molecule has 1 aliphatic heterocycles. The van der Waals surface area contributed by atoms with Gasteiger partial charge in [0.25, 0.3) is 0 Å². The van der Waals surface area contributed by atoms with Crippen molar-refractivity contribution < 1.29 is 14.7 Å². The zero-order valence-electron chi connectivity index (χ0n) is 10.9. The molecule has 0 unspecified atom stereocenters. The number of likely N-dealkylation sites (tertiary alicyclic amines) is 1. The molecule has 100 valence electrons. The highest BCUT2D eigenvalue weighted by atomic mass is 32.2. The van der Waals surface area contributed by atoms with E-state index in [1.165, 1.54) is 0 Å². The molecule has 0 bridgehead atoms. The van der Waals surface area contributed by atoms with Crippen LogP contribution in [0.5, 0.6) is 0 Å². The predicted octanol–water partition coefficient (Wildman–Crippen LogP) is 2.23. The first-order chi connectivity index (χ1) is 8.13. The van der Waals surface area contributed by atoms with Gasteiger partial charge >= 0.3 is 5.97 Å². The van der Waals surface area contributed by atoms with Crippen molar-refractivity contribution in [1.29, 1.82) is 0 Å². The Kier molecular flexibility index (Phi) is 8.94. The van der Waals surface area contributed by atoms with Crippen molar-refractivity contribution in [2.75, 3.05) is 18.8 Å². The highest BCUT2D eigenvalue weighted by Gasteiger charge is 2.23. The van der Waals surface area contributed by atoms with Crippen LogP contribution in [0.2, 0.25) is 0 Å². The molecule has 1 aliphatic rings. The first-order valence-corrected chi connectivity index (χ1v) is 7.29. The van der Waals surface area contributed by atoms with Crippen molar-refractivity contribution in [1.82, 2.24) is 4.90 Å². The highest BCUT2D eigenvalue weighted by molar-refractivity contribution is 7.99. The number of carboxylic acid groups (broad SMARTS) is 1. The monoisotopic (exact) mass is 261 g/mol. The Hall–Kier alpha value is -0.710. The summed E-state index contributed by atoms with van der Waals surface area (Å²) in [6.45, 7) is 7.56. The van der Waals surface area contributed by atoms with Crippen LogP contribution in [0.25, 0.3) is 0 Å². The molecule has 0 aromatic heterocycles. The molecule has 1 saturated heterocycles. The fourth-order valence-corrected chi connectivity index (χ4v) is 2.76. The second-order valence-electron chi connectivity index (χ2n) is 3.61. The van der Waals surface area contributed by atoms with E-state index in [2.05, 4.69) is 6.92 Å². The Morgan fingerprint density at radius 1 is 1.29 bits per heavy atom. The number of amides is 1. The predicted molar refractivity (Wildman–Crippen MR) is 71.3 cm³/mol. The Balaban J connectivity index is 0.00000121. The molecule has 1 heterocycles. The Morgan fingerprint density at radius 2 is 1.82 bits per heavy atom. The van der Waals surface area contributed by atoms with E-state index in [1.54, 1.807) is 4.90 Å². The summed E-state index contributed by atoms with van der Waals surface area (Å²) in [4.78, 5) is 23.4. The summed E-state index contributed by atoms with van der Waals surface area (Å²) in [5.74, 6) is -0.180. The lowest BCUT2D eigenvalue weighted by Crippen LogP contribution is -2.40. The van der Waals surface area contributed by atoms with E-state index >= 15 is 0 Å². The minimum absolute atomic E-state index is 0.248. The van der Waals surface area contributed by atoms with E-state index in [1.807, 2.05) is 25.6 Å². The number of carboxylic acids is 1. The average molecular weight is 261 g/mol. The van der Waals surface area contributed by atoms with Crippen molar-refractivity contribution in [2.45, 2.75) is 45.3 Å². The number of rotatable bonds is 4. The van der Waals surface area contributed by atoms with Crippen LogP contribution in [-0.2, 0) is 9.59 Å². The van der Waals surface area contributed by atoms with E-state index in [9.17, 15) is 9.59 Å². The normalized spacial score (nSPS) is 16.1. The Bertz CT molecular complexity index is 238. The number of nitrogens with zero attached hydrogens (tertiary/aromatic N) is 1. The van der Waals surface area contributed by atoms with Gasteiger partial charge in [0, 0.05) is 18.3 Å². The van der Waals surface area contributed by atoms with Gasteiger partial charge < -0.3 is 10.0 Å². The molecule has 1 amide bonds. The van der Waals surface area contributed by atoms with Gasteiger partial charge in [0.2, 0.25) is 5.91 Å². The maximum absolute atomic E-state index is 11.4. The number of carbonyl (C=O) groups is 2. The molecule has 4 nitrogen and oxygen atoms in total. The highest BCUT2D eigenvalue weighted by Crippen LogP contribution is 2.23. The Morgan fingerprint density at radius 3 is 2.24 bits per heavy atom. The van der Waals surface area contributed by atoms with Crippen LogP contribution < -0.4 is 0 Å². The summed E-state index contributed by atoms with van der Waals surface area (Å²) in [7, 11) is 0. The van der Waals surface area contributed by atoms with Gasteiger partial charge in [-0.25, -0.2) is 0 Å². The van der Waals surface area contributed by atoms with Crippen molar-refractivity contribution in [3.05, 3.63) is 0 Å². The molecular formula is C12H23NO3S. The second kappa shape index (κ2) is 9.33. The van der Waals surface area contributed by atoms with Crippen LogP contribution in [0.15, 0.2) is 0 Å². The summed E-state index contributed by atoms with van der Waals surface area (Å²) in [6, 6.07) is 0. The number of thioether (sulfide) groups is 1. The number of hydrogen-bond acceptors (Lipinski definition) is 3. The first kappa shape index (κ1) is 16.3. The third-order valence-corrected chi connectivity index (χ3v) is 3.78. The van der Waals surface area contributed by atoms with Gasteiger partial charge in [0.05, 0.1) is 0 Å². The zero-order valence-corrected chi connectivity index (χ0v) is 11.8. The number of carbonyl (C=O) groups excluding carboxylic acids is 1. The van der Waals surface area contributed by atoms with Crippen LogP contribution in [-0.4, -0.2) is 46.0 Å². The molecular weight excluding hydrogens is 238 g/mol. The molecule has 0 atom stereocenters. The lowest BCUT2D eigenvalue weighted by Gasteiger charge is -2.31. The molecule has 5 heteroatoms. The van der Waals surface area contributed by atoms with Gasteiger partial charge in [-0.15, -0.1) is 0 Å². The number of aliphatic carboxylic acids is 1. The van der Waals surface area contributed by atoms with E-state index in [0.717, 1.165) is 18.6 Å². The largest absolute Gasteiger partial charge is 0.481 e. The fraction of sp³-hybridized carbons (Fsp3) is 0.833. The molecule has 1 rings (SSSR count). The molecule has 0 spiro atoms. The standard InChI is InChI=1S/C10H17NO3S.C2H6/c1-2-15-8-3-5-11(6-4-8)9(12)7-10(13)14;1-2/h8H,2-7H2,1H3,(H,13,14);1-2H3. The SMILES string of the molecule is CC.CCSC1CCN(C(=O)CC(=O)O)CC1. The molecule has 0 aromatic rings. The van der Waals surface area contributed by atoms with E-state index in [-0.39, 0.29) is 12.3 Å². The summed E-state index contributed by atoms with van der Waals surface area (Å²) in [5.41, 5.74) is 0. The molecule has 1 N–H and O–H groups in total. The topological polar surface area (TPSA) is 57.6 Å². The van der Waals surface area contributed by atoms with Crippen LogP contribution in [0, 0.1) is 0 Å². The lowest BCUT2D eigenvalue weighted by molar-refractivity contribution is -0.144. The van der Waals surface area contributed by atoms with E-state index in [4.69, 9.17) is 5.11 Å². The lowest BCUT2D eigenvalue weighted by atomic mass is 10.1. The summed E-state index contributed by atoms with van der Waals surface area (Å²) in [6.07, 6.45) is 1.61. The van der Waals surface area contributed by atoms with Crippen LogP contribution in [0.4, 0.5) is 0 Å². The molecule has 0 saturated carbocycles. The summed E-state index contributed by atoms with van der Waals surface area (Å²) in [5, 5.41) is 9.14. The van der Waals surface area contributed by atoms with Crippen LogP contribution >= 0.6 is 11.8 Å². The average Bonchev–Trinajstić information content (AvgIpc) is 2.32. The van der Waals surface area contributed by atoms with Gasteiger partial charge in [0.1, 0.15) is 6.42 Å². The first-order valence-electron chi connectivity index (χ1n) is 6.24. The summed E-state index contributed by atoms with van der Waals surface area (Å²) >= 11 is 1.93. The van der Waals surface area contributed by atoms with Gasteiger partial charge in [0.15, 0.2) is 0 Å². The molecule has 0 aromatic carbocycles. The van der Waals surface area contributed by atoms with Crippen LogP contribution in [0.3, 0.4) is 0 Å². The van der Waals surface area contributed by atoms with E-state index in [0.29, 0.717) is 18.3 Å². The fourth-order valence-electron chi connectivity index (χ4n) is 1.75. The molecule has 0 aliphatic carbocycles. The number of piperidine rings is 1. The van der Waals surface area contributed by atoms with E-state index < -0.39 is 5.97 Å². The minimum atomic E-state index is -1.04. The minimum Gasteiger partial charge on any atom is -0.481 e. The Labute approximate surface area is 108 Å². The third-order valence-electron chi connectivity index (χ3n) is 2.50. The maximum Gasteiger partial charge on any atom is 0.312 e. The number of hydrogen-bond donors (Lipinski definition) is 1. The summed E-state index contributed by atoms with van der Waals surface area (Å²) < 4.78 is 0. The molecule has 17 heavy (non-hydrogen) atoms. The van der Waals surface area contributed by atoms with Gasteiger partial charge in [-0.2, -0.15) is 11.8 Å². The molecule has 0 radical (unpaired) electrons. The second-order valence-corrected chi connectivity index (χ2v) is 5.18. The smallest absolute Gasteiger partial charge is 0.312 e. The van der Waals surface area contributed by atoms with Gasteiger partial charge in [-0.05, 0) is 18.6 Å². The van der Waals surface area contributed by atoms with Crippen molar-refractivity contribution >= 4 is 23.6 Å². The van der Waals surface area contributed by atoms with Crippen LogP contribution in [0.1, 0.15) is 40.0 Å². The van der Waals surface area contributed by atoms with Crippen molar-refractivity contribution in [3.8, 4) is 0 Å². The van der Waals surface area contributed by atoms with Crippen molar-refractivity contribution in [2.24, 2.45) is 0 Å². The maximum atomic E-state index is 11.4. The van der Waals surface area contributed by atoms with Crippen molar-refractivity contribution in [3.63, 3.8) is 0 Å². The molecule has 1 fully saturated rings. The zero-order chi connectivity index (χ0) is 13.3.